The average molecular weight is 348 g/mol. The normalized spacial score (nSPS) is 13.8. The molecule has 0 atom stereocenters. The number of fused-ring (bicyclic) bond motifs is 1. The number of benzene rings is 2. The molecule has 1 heterocycles. The van der Waals surface area contributed by atoms with Gasteiger partial charge in [0.05, 0.1) is 4.92 Å². The summed E-state index contributed by atoms with van der Waals surface area (Å²) in [6, 6.07) is 8.99. The van der Waals surface area contributed by atoms with Gasteiger partial charge in [-0.3, -0.25) is 14.9 Å². The van der Waals surface area contributed by atoms with Crippen LogP contribution in [0.25, 0.3) is 0 Å². The summed E-state index contributed by atoms with van der Waals surface area (Å²) < 4.78 is 29.6. The molecule has 8 nitrogen and oxygen atoms in total. The van der Waals surface area contributed by atoms with Crippen LogP contribution in [0.4, 0.5) is 11.4 Å². The van der Waals surface area contributed by atoms with Gasteiger partial charge in [0.15, 0.2) is 0 Å². The van der Waals surface area contributed by atoms with Crippen LogP contribution in [0, 0.1) is 10.1 Å². The minimum atomic E-state index is -4.10. The van der Waals surface area contributed by atoms with Gasteiger partial charge in [0.2, 0.25) is 5.91 Å². The van der Waals surface area contributed by atoms with Gasteiger partial charge in [0.25, 0.3) is 5.69 Å². The number of rotatable bonds is 4. The summed E-state index contributed by atoms with van der Waals surface area (Å²) in [5.41, 5.74) is 1.20. The predicted molar refractivity (Wildman–Crippen MR) is 84.3 cm³/mol. The fourth-order valence-electron chi connectivity index (χ4n) is 2.32. The minimum Gasteiger partial charge on any atom is -0.379 e. The van der Waals surface area contributed by atoms with Gasteiger partial charge in [-0.1, -0.05) is 0 Å². The largest absolute Gasteiger partial charge is 0.379 e. The highest BCUT2D eigenvalue weighted by Crippen LogP contribution is 2.28. The van der Waals surface area contributed by atoms with Gasteiger partial charge < -0.3 is 9.50 Å². The Morgan fingerprint density at radius 1 is 1.08 bits per heavy atom. The Kier molecular flexibility index (Phi) is 3.94. The zero-order valence-corrected chi connectivity index (χ0v) is 13.1. The van der Waals surface area contributed by atoms with E-state index in [1.54, 1.807) is 12.1 Å². The van der Waals surface area contributed by atoms with Gasteiger partial charge in [-0.15, -0.1) is 0 Å². The molecular formula is C15H12N2O6S. The number of carbonyl (C=O) groups is 1. The van der Waals surface area contributed by atoms with Crippen molar-refractivity contribution in [3.8, 4) is 5.75 Å². The van der Waals surface area contributed by atoms with Crippen LogP contribution >= 0.6 is 0 Å². The molecule has 0 aliphatic carbocycles. The number of aryl methyl sites for hydroxylation is 1. The third-order valence-corrected chi connectivity index (χ3v) is 4.78. The van der Waals surface area contributed by atoms with Crippen molar-refractivity contribution in [1.82, 2.24) is 0 Å². The summed E-state index contributed by atoms with van der Waals surface area (Å²) in [5.74, 6) is 0.0259. The van der Waals surface area contributed by atoms with E-state index in [4.69, 9.17) is 4.18 Å². The van der Waals surface area contributed by atoms with Crippen LogP contribution in [-0.4, -0.2) is 19.2 Å². The smallest absolute Gasteiger partial charge is 0.339 e. The van der Waals surface area contributed by atoms with E-state index in [1.165, 1.54) is 6.07 Å². The van der Waals surface area contributed by atoms with Crippen LogP contribution in [0.15, 0.2) is 47.4 Å². The molecule has 3 rings (SSSR count). The molecule has 0 fully saturated rings. The van der Waals surface area contributed by atoms with E-state index in [2.05, 4.69) is 5.32 Å². The molecular weight excluding hydrogens is 336 g/mol. The molecule has 0 radical (unpaired) electrons. The first-order valence-corrected chi connectivity index (χ1v) is 8.38. The highest BCUT2D eigenvalue weighted by molar-refractivity contribution is 7.87. The van der Waals surface area contributed by atoms with E-state index < -0.39 is 15.0 Å². The van der Waals surface area contributed by atoms with Crippen LogP contribution in [0.2, 0.25) is 0 Å². The van der Waals surface area contributed by atoms with E-state index in [-0.39, 0.29) is 22.2 Å². The molecule has 0 spiro atoms. The van der Waals surface area contributed by atoms with Crippen LogP contribution in [0.3, 0.4) is 0 Å². The van der Waals surface area contributed by atoms with Crippen molar-refractivity contribution < 1.29 is 22.3 Å². The van der Waals surface area contributed by atoms with Crippen LogP contribution in [-0.2, 0) is 21.3 Å². The van der Waals surface area contributed by atoms with Crippen molar-refractivity contribution >= 4 is 27.4 Å². The van der Waals surface area contributed by atoms with E-state index >= 15 is 0 Å². The van der Waals surface area contributed by atoms with Gasteiger partial charge in [-0.25, -0.2) is 0 Å². The molecule has 2 aromatic rings. The van der Waals surface area contributed by atoms with Gasteiger partial charge >= 0.3 is 10.1 Å². The first kappa shape index (κ1) is 15.9. The van der Waals surface area contributed by atoms with Crippen molar-refractivity contribution in [3.63, 3.8) is 0 Å². The molecule has 1 aliphatic heterocycles. The van der Waals surface area contributed by atoms with Crippen molar-refractivity contribution in [1.29, 1.82) is 0 Å². The first-order chi connectivity index (χ1) is 11.3. The standard InChI is InChI=1S/C15H12N2O6S/c18-15-8-1-10-9-12(4-7-14(10)16-15)23-24(21,22)13-5-2-11(3-6-13)17(19)20/h2-7,9H,1,8H2,(H,16,18). The van der Waals surface area contributed by atoms with E-state index in [0.29, 0.717) is 18.5 Å². The summed E-state index contributed by atoms with van der Waals surface area (Å²) in [4.78, 5) is 21.1. The van der Waals surface area contributed by atoms with Crippen molar-refractivity contribution in [3.05, 3.63) is 58.1 Å². The number of nitro benzene ring substituents is 1. The van der Waals surface area contributed by atoms with Crippen LogP contribution in [0.5, 0.6) is 5.75 Å². The zero-order valence-electron chi connectivity index (χ0n) is 12.3. The molecule has 9 heteroatoms. The minimum absolute atomic E-state index is 0.0883. The number of nitro groups is 1. The second kappa shape index (κ2) is 5.93. The van der Waals surface area contributed by atoms with Gasteiger partial charge in [-0.2, -0.15) is 8.42 Å². The maximum Gasteiger partial charge on any atom is 0.339 e. The predicted octanol–water partition coefficient (Wildman–Crippen LogP) is 2.25. The summed E-state index contributed by atoms with van der Waals surface area (Å²) in [6.07, 6.45) is 0.821. The van der Waals surface area contributed by atoms with E-state index in [1.807, 2.05) is 0 Å². The Morgan fingerprint density at radius 2 is 1.79 bits per heavy atom. The van der Waals surface area contributed by atoms with Crippen molar-refractivity contribution in [2.45, 2.75) is 17.7 Å². The number of nitrogens with one attached hydrogen (secondary N) is 1. The Hall–Kier alpha value is -2.94. The Morgan fingerprint density at radius 3 is 2.46 bits per heavy atom. The molecule has 0 saturated heterocycles. The highest BCUT2D eigenvalue weighted by atomic mass is 32.2. The SMILES string of the molecule is O=C1CCc2cc(OS(=O)(=O)c3ccc([N+](=O)[O-])cc3)ccc2N1. The third-order valence-electron chi connectivity index (χ3n) is 3.51. The summed E-state index contributed by atoms with van der Waals surface area (Å²) >= 11 is 0. The number of non-ortho nitro benzene ring substituents is 1. The van der Waals surface area contributed by atoms with Crippen molar-refractivity contribution in [2.24, 2.45) is 0 Å². The molecule has 1 aliphatic rings. The monoisotopic (exact) mass is 348 g/mol. The summed E-state index contributed by atoms with van der Waals surface area (Å²) in [5, 5.41) is 13.3. The molecule has 124 valence electrons. The molecule has 24 heavy (non-hydrogen) atoms. The fourth-order valence-corrected chi connectivity index (χ4v) is 3.24. The van der Waals surface area contributed by atoms with Crippen LogP contribution in [0.1, 0.15) is 12.0 Å². The molecule has 2 aromatic carbocycles. The Balaban J connectivity index is 1.84. The van der Waals surface area contributed by atoms with Crippen LogP contribution < -0.4 is 9.50 Å². The first-order valence-electron chi connectivity index (χ1n) is 6.97. The Bertz CT molecular complexity index is 921. The number of anilines is 1. The number of nitrogens with zero attached hydrogens (tertiary/aromatic N) is 1. The molecule has 1 N–H and O–H groups in total. The Labute approximate surface area is 137 Å². The second-order valence-electron chi connectivity index (χ2n) is 5.16. The molecule has 0 bridgehead atoms. The lowest BCUT2D eigenvalue weighted by Crippen LogP contribution is -2.19. The number of hydrogen-bond donors (Lipinski definition) is 1. The maximum atomic E-state index is 12.2. The van der Waals surface area contributed by atoms with Gasteiger partial charge in [0, 0.05) is 24.2 Å². The topological polar surface area (TPSA) is 116 Å². The van der Waals surface area contributed by atoms with E-state index in [0.717, 1.165) is 29.8 Å². The third kappa shape index (κ3) is 3.20. The van der Waals surface area contributed by atoms with Gasteiger partial charge in [-0.05, 0) is 42.3 Å². The molecule has 0 saturated carbocycles. The number of amides is 1. The molecule has 0 unspecified atom stereocenters. The van der Waals surface area contributed by atoms with Gasteiger partial charge in [0.1, 0.15) is 10.6 Å². The second-order valence-corrected chi connectivity index (χ2v) is 6.70. The zero-order chi connectivity index (χ0) is 17.3. The summed E-state index contributed by atoms with van der Waals surface area (Å²) in [6.45, 7) is 0. The average Bonchev–Trinajstić information content (AvgIpc) is 2.55. The van der Waals surface area contributed by atoms with E-state index in [9.17, 15) is 23.3 Å². The quantitative estimate of drug-likeness (QED) is 0.515. The molecule has 0 aromatic heterocycles. The lowest BCUT2D eigenvalue weighted by atomic mass is 10.0. The number of carbonyl (C=O) groups excluding carboxylic acids is 1. The lowest BCUT2D eigenvalue weighted by molar-refractivity contribution is -0.384. The fraction of sp³-hybridized carbons (Fsp3) is 0.133. The van der Waals surface area contributed by atoms with Crippen molar-refractivity contribution in [2.75, 3.05) is 5.32 Å². The lowest BCUT2D eigenvalue weighted by Gasteiger charge is -2.17. The summed E-state index contributed by atoms with van der Waals surface area (Å²) in [7, 11) is -4.10. The number of hydrogen-bond acceptors (Lipinski definition) is 6. The maximum absolute atomic E-state index is 12.2. The highest BCUT2D eigenvalue weighted by Gasteiger charge is 2.20. The molecule has 1 amide bonds.